The van der Waals surface area contributed by atoms with Crippen LogP contribution in [0.4, 0.5) is 0 Å². The molecule has 0 unspecified atom stereocenters. The van der Waals surface area contributed by atoms with Crippen LogP contribution in [0, 0.1) is 0 Å². The molecule has 6 heteroatoms. The van der Waals surface area contributed by atoms with E-state index in [1.54, 1.807) is 17.8 Å². The van der Waals surface area contributed by atoms with Gasteiger partial charge in [-0.25, -0.2) is 0 Å². The standard InChI is InChI=1S/C20H25ClN2O2S/c21-17-6-3-5-16(13-17)14-26-15-18-7-8-19(25-18)20(24)22-9-4-12-23-10-1-2-11-23/h3,5-8,13H,1-2,4,9-12,14-15H2,(H,22,24). The van der Waals surface area contributed by atoms with Crippen molar-refractivity contribution in [2.75, 3.05) is 26.2 Å². The van der Waals surface area contributed by atoms with Gasteiger partial charge < -0.3 is 14.6 Å². The highest BCUT2D eigenvalue weighted by molar-refractivity contribution is 7.97. The van der Waals surface area contributed by atoms with Gasteiger partial charge in [-0.1, -0.05) is 23.7 Å². The second kappa shape index (κ2) is 10.0. The predicted octanol–water partition coefficient (Wildman–Crippen LogP) is 4.58. The molecule has 0 atom stereocenters. The molecule has 0 saturated carbocycles. The molecule has 3 rings (SSSR count). The van der Waals surface area contributed by atoms with Crippen LogP contribution in [0.1, 0.15) is 41.1 Å². The summed E-state index contributed by atoms with van der Waals surface area (Å²) in [6.07, 6.45) is 3.59. The topological polar surface area (TPSA) is 45.5 Å². The number of nitrogens with one attached hydrogen (secondary N) is 1. The van der Waals surface area contributed by atoms with Crippen LogP contribution < -0.4 is 5.32 Å². The lowest BCUT2D eigenvalue weighted by Crippen LogP contribution is -2.28. The van der Waals surface area contributed by atoms with Gasteiger partial charge >= 0.3 is 0 Å². The van der Waals surface area contributed by atoms with Gasteiger partial charge in [-0.2, -0.15) is 0 Å². The van der Waals surface area contributed by atoms with Gasteiger partial charge in [0.05, 0.1) is 5.75 Å². The van der Waals surface area contributed by atoms with Crippen LogP contribution in [0.5, 0.6) is 0 Å². The van der Waals surface area contributed by atoms with E-state index in [4.69, 9.17) is 16.0 Å². The lowest BCUT2D eigenvalue weighted by molar-refractivity contribution is 0.0923. The van der Waals surface area contributed by atoms with Gasteiger partial charge in [-0.3, -0.25) is 4.79 Å². The molecule has 1 amide bonds. The second-order valence-electron chi connectivity index (χ2n) is 6.55. The third-order valence-electron chi connectivity index (χ3n) is 4.42. The molecular formula is C20H25ClN2O2S. The van der Waals surface area contributed by atoms with E-state index < -0.39 is 0 Å². The lowest BCUT2D eigenvalue weighted by atomic mass is 10.2. The number of furan rings is 1. The summed E-state index contributed by atoms with van der Waals surface area (Å²) in [5.74, 6) is 2.68. The number of likely N-dealkylation sites (tertiary alicyclic amines) is 1. The zero-order valence-electron chi connectivity index (χ0n) is 14.9. The van der Waals surface area contributed by atoms with E-state index in [2.05, 4.69) is 16.3 Å². The van der Waals surface area contributed by atoms with Gasteiger partial charge in [-0.05, 0) is 68.7 Å². The predicted molar refractivity (Wildman–Crippen MR) is 108 cm³/mol. The second-order valence-corrected chi connectivity index (χ2v) is 7.97. The maximum atomic E-state index is 12.1. The Morgan fingerprint density at radius 3 is 2.85 bits per heavy atom. The smallest absolute Gasteiger partial charge is 0.286 e. The highest BCUT2D eigenvalue weighted by Gasteiger charge is 2.13. The van der Waals surface area contributed by atoms with Gasteiger partial charge in [0.15, 0.2) is 5.76 Å². The van der Waals surface area contributed by atoms with Gasteiger partial charge in [0.2, 0.25) is 0 Å². The summed E-state index contributed by atoms with van der Waals surface area (Å²) in [5.41, 5.74) is 1.19. The SMILES string of the molecule is O=C(NCCCN1CCCC1)c1ccc(CSCc2cccc(Cl)c2)o1. The van der Waals surface area contributed by atoms with E-state index in [1.807, 2.05) is 24.3 Å². The molecule has 1 aliphatic rings. The largest absolute Gasteiger partial charge is 0.455 e. The minimum atomic E-state index is -0.127. The van der Waals surface area contributed by atoms with Crippen molar-refractivity contribution < 1.29 is 9.21 Å². The highest BCUT2D eigenvalue weighted by Crippen LogP contribution is 2.21. The van der Waals surface area contributed by atoms with E-state index in [0.29, 0.717) is 12.3 Å². The molecule has 26 heavy (non-hydrogen) atoms. The maximum absolute atomic E-state index is 12.1. The molecule has 1 saturated heterocycles. The number of benzene rings is 1. The van der Waals surface area contributed by atoms with Crippen LogP contribution in [0.15, 0.2) is 40.8 Å². The Morgan fingerprint density at radius 2 is 2.04 bits per heavy atom. The van der Waals surface area contributed by atoms with Crippen molar-refractivity contribution in [2.45, 2.75) is 30.8 Å². The number of carbonyl (C=O) groups excluding carboxylic acids is 1. The van der Waals surface area contributed by atoms with Crippen molar-refractivity contribution >= 4 is 29.3 Å². The molecule has 1 aromatic heterocycles. The Labute approximate surface area is 164 Å². The molecule has 1 fully saturated rings. The first kappa shape index (κ1) is 19.3. The lowest BCUT2D eigenvalue weighted by Gasteiger charge is -2.13. The summed E-state index contributed by atoms with van der Waals surface area (Å²) in [6, 6.07) is 11.5. The molecule has 0 bridgehead atoms. The number of carbonyl (C=O) groups is 1. The number of hydrogen-bond acceptors (Lipinski definition) is 4. The van der Waals surface area contributed by atoms with Crippen LogP contribution in [0.3, 0.4) is 0 Å². The Hall–Kier alpha value is -1.43. The third-order valence-corrected chi connectivity index (χ3v) is 5.68. The number of nitrogens with zero attached hydrogens (tertiary/aromatic N) is 1. The first-order chi connectivity index (χ1) is 12.7. The summed E-state index contributed by atoms with van der Waals surface area (Å²) in [4.78, 5) is 14.6. The Bertz CT molecular complexity index is 713. The van der Waals surface area contributed by atoms with Gasteiger partial charge in [0.1, 0.15) is 5.76 Å². The van der Waals surface area contributed by atoms with E-state index in [9.17, 15) is 4.79 Å². The minimum absolute atomic E-state index is 0.127. The van der Waals surface area contributed by atoms with Crippen LogP contribution in [-0.2, 0) is 11.5 Å². The highest BCUT2D eigenvalue weighted by atomic mass is 35.5. The van der Waals surface area contributed by atoms with Crippen molar-refractivity contribution in [1.82, 2.24) is 10.2 Å². The Balaban J connectivity index is 1.35. The summed E-state index contributed by atoms with van der Waals surface area (Å²) in [5, 5.41) is 3.70. The number of hydrogen-bond donors (Lipinski definition) is 1. The average molecular weight is 393 g/mol. The molecular weight excluding hydrogens is 368 g/mol. The summed E-state index contributed by atoms with van der Waals surface area (Å²) >= 11 is 7.73. The molecule has 0 radical (unpaired) electrons. The Kier molecular flexibility index (Phi) is 7.47. The van der Waals surface area contributed by atoms with Gasteiger partial charge in [0.25, 0.3) is 5.91 Å². The van der Waals surface area contributed by atoms with Gasteiger partial charge in [-0.15, -0.1) is 11.8 Å². The molecule has 2 heterocycles. The normalized spacial score (nSPS) is 14.7. The van der Waals surface area contributed by atoms with E-state index >= 15 is 0 Å². The van der Waals surface area contributed by atoms with Crippen LogP contribution in [-0.4, -0.2) is 37.0 Å². The van der Waals surface area contributed by atoms with E-state index in [0.717, 1.165) is 35.3 Å². The zero-order valence-corrected chi connectivity index (χ0v) is 16.5. The van der Waals surface area contributed by atoms with Crippen LogP contribution in [0.2, 0.25) is 5.02 Å². The number of thioether (sulfide) groups is 1. The fraction of sp³-hybridized carbons (Fsp3) is 0.450. The number of halogens is 1. The monoisotopic (exact) mass is 392 g/mol. The van der Waals surface area contributed by atoms with Crippen LogP contribution >= 0.6 is 23.4 Å². The van der Waals surface area contributed by atoms with Crippen molar-refractivity contribution in [1.29, 1.82) is 0 Å². The fourth-order valence-corrected chi connectivity index (χ4v) is 4.16. The molecule has 4 nitrogen and oxygen atoms in total. The minimum Gasteiger partial charge on any atom is -0.455 e. The van der Waals surface area contributed by atoms with E-state index in [-0.39, 0.29) is 5.91 Å². The fourth-order valence-electron chi connectivity index (χ4n) is 3.07. The number of amides is 1. The molecule has 140 valence electrons. The van der Waals surface area contributed by atoms with Crippen molar-refractivity contribution in [3.05, 3.63) is 58.5 Å². The molecule has 1 N–H and O–H groups in total. The zero-order chi connectivity index (χ0) is 18.2. The molecule has 1 aromatic carbocycles. The third kappa shape index (κ3) is 6.08. The van der Waals surface area contributed by atoms with E-state index in [1.165, 1.54) is 31.5 Å². The van der Waals surface area contributed by atoms with Gasteiger partial charge in [0, 0.05) is 17.3 Å². The van der Waals surface area contributed by atoms with Crippen molar-refractivity contribution in [3.8, 4) is 0 Å². The molecule has 2 aromatic rings. The van der Waals surface area contributed by atoms with Crippen molar-refractivity contribution in [3.63, 3.8) is 0 Å². The first-order valence-corrected chi connectivity index (χ1v) is 10.7. The average Bonchev–Trinajstić information content (AvgIpc) is 3.31. The van der Waals surface area contributed by atoms with Crippen molar-refractivity contribution in [2.24, 2.45) is 0 Å². The molecule has 0 aliphatic carbocycles. The quantitative estimate of drug-likeness (QED) is 0.634. The van der Waals surface area contributed by atoms with Crippen LogP contribution in [0.25, 0.3) is 0 Å². The maximum Gasteiger partial charge on any atom is 0.286 e. The number of rotatable bonds is 9. The molecule has 1 aliphatic heterocycles. The molecule has 0 spiro atoms. The first-order valence-electron chi connectivity index (χ1n) is 9.12. The summed E-state index contributed by atoms with van der Waals surface area (Å²) in [7, 11) is 0. The summed E-state index contributed by atoms with van der Waals surface area (Å²) < 4.78 is 5.67. The Morgan fingerprint density at radius 1 is 1.19 bits per heavy atom. The summed E-state index contributed by atoms with van der Waals surface area (Å²) in [6.45, 7) is 4.14.